The van der Waals surface area contributed by atoms with Crippen LogP contribution in [0.4, 0.5) is 0 Å². The third kappa shape index (κ3) is 2.87. The van der Waals surface area contributed by atoms with Gasteiger partial charge < -0.3 is 0 Å². The van der Waals surface area contributed by atoms with Crippen LogP contribution in [0.5, 0.6) is 0 Å². The van der Waals surface area contributed by atoms with Gasteiger partial charge in [0.1, 0.15) is 12.0 Å². The van der Waals surface area contributed by atoms with E-state index in [-0.39, 0.29) is 0 Å². The molecule has 1 heterocycles. The molecule has 0 aliphatic carbocycles. The number of hydrogen-bond donors (Lipinski definition) is 0. The highest BCUT2D eigenvalue weighted by atomic mass is 16.6. The van der Waals surface area contributed by atoms with E-state index in [1.54, 1.807) is 12.4 Å². The van der Waals surface area contributed by atoms with E-state index in [0.29, 0.717) is 6.42 Å². The molecule has 0 saturated carbocycles. The fraction of sp³-hybridized carbons (Fsp3) is 0.143. The Labute approximate surface area is 69.5 Å². The van der Waals surface area contributed by atoms with Crippen LogP contribution >= 0.6 is 0 Å². The van der Waals surface area contributed by atoms with E-state index < -0.39 is 0 Å². The molecule has 62 valence electrons. The molecule has 0 aliphatic rings. The molecule has 0 fully saturated rings. The lowest BCUT2D eigenvalue weighted by Crippen LogP contribution is -1.77. The van der Waals surface area contributed by atoms with Gasteiger partial charge in [-0.25, -0.2) is 9.62 Å². The molecule has 0 unspecified atom stereocenters. The van der Waals surface area contributed by atoms with Crippen molar-refractivity contribution in [2.45, 2.75) is 6.42 Å². The van der Waals surface area contributed by atoms with Crippen molar-refractivity contribution in [3.8, 4) is 0 Å². The Hall–Kier alpha value is -1.78. The van der Waals surface area contributed by atoms with Crippen molar-refractivity contribution in [2.24, 2.45) is 9.98 Å². The minimum absolute atomic E-state index is 0.651. The number of aromatic nitrogens is 2. The van der Waals surface area contributed by atoms with E-state index in [9.17, 15) is 0 Å². The molecule has 0 radical (unpaired) electrons. The van der Waals surface area contributed by atoms with E-state index in [0.717, 1.165) is 5.69 Å². The van der Waals surface area contributed by atoms with Gasteiger partial charge in [-0.15, -0.1) is 0 Å². The highest BCUT2D eigenvalue weighted by Gasteiger charge is 1.91. The van der Waals surface area contributed by atoms with Crippen molar-refractivity contribution in [3.05, 3.63) is 24.2 Å². The van der Waals surface area contributed by atoms with Crippen LogP contribution < -0.4 is 0 Å². The Kier molecular flexibility index (Phi) is 3.43. The summed E-state index contributed by atoms with van der Waals surface area (Å²) in [5.74, 6) is 0. The van der Waals surface area contributed by atoms with Gasteiger partial charge >= 0.3 is 0 Å². The van der Waals surface area contributed by atoms with Crippen LogP contribution in [0.15, 0.2) is 33.1 Å². The summed E-state index contributed by atoms with van der Waals surface area (Å²) in [6, 6.07) is 0. The Balaban J connectivity index is 2.30. The minimum atomic E-state index is 0.651. The predicted molar refractivity (Wildman–Crippen MR) is 45.2 cm³/mol. The maximum absolute atomic E-state index is 4.39. The molecule has 0 N–H and O–H groups in total. The molecule has 0 aromatic carbocycles. The van der Waals surface area contributed by atoms with E-state index in [1.807, 2.05) is 6.08 Å². The first-order valence-corrected chi connectivity index (χ1v) is 3.32. The van der Waals surface area contributed by atoms with Gasteiger partial charge in [0.05, 0.1) is 6.20 Å². The summed E-state index contributed by atoms with van der Waals surface area (Å²) in [4.78, 5) is 7.21. The fourth-order valence-corrected chi connectivity index (χ4v) is 0.594. The number of allylic oxidation sites excluding steroid dienone is 1. The van der Waals surface area contributed by atoms with Gasteiger partial charge in [-0.1, -0.05) is 16.4 Å². The second-order valence-electron chi connectivity index (χ2n) is 1.93. The smallest absolute Gasteiger partial charge is 0.114 e. The fourth-order valence-electron chi connectivity index (χ4n) is 0.594. The Bertz CT molecular complexity index is 276. The summed E-state index contributed by atoms with van der Waals surface area (Å²) in [5.41, 5.74) is 0.771. The summed E-state index contributed by atoms with van der Waals surface area (Å²) in [6.45, 7) is 3.24. The summed E-state index contributed by atoms with van der Waals surface area (Å²) in [6.07, 6.45) is 7.00. The van der Waals surface area contributed by atoms with Crippen molar-refractivity contribution in [2.75, 3.05) is 0 Å². The zero-order valence-electron chi connectivity index (χ0n) is 6.42. The normalized spacial score (nSPS) is 11.3. The van der Waals surface area contributed by atoms with E-state index in [4.69, 9.17) is 0 Å². The van der Waals surface area contributed by atoms with Crippen molar-refractivity contribution >= 4 is 13.1 Å². The topological polar surface area (TPSA) is 63.6 Å². The first-order valence-electron chi connectivity index (χ1n) is 3.32. The van der Waals surface area contributed by atoms with Gasteiger partial charge in [0.25, 0.3) is 0 Å². The van der Waals surface area contributed by atoms with E-state index in [2.05, 4.69) is 31.6 Å². The van der Waals surface area contributed by atoms with E-state index in [1.165, 1.54) is 6.34 Å². The summed E-state index contributed by atoms with van der Waals surface area (Å²) in [5, 5.41) is 7.06. The molecule has 0 amide bonds. The second kappa shape index (κ2) is 4.95. The second-order valence-corrected chi connectivity index (χ2v) is 1.93. The van der Waals surface area contributed by atoms with Crippen LogP contribution in [0.2, 0.25) is 0 Å². The third-order valence-electron chi connectivity index (χ3n) is 1.07. The van der Waals surface area contributed by atoms with Crippen LogP contribution in [0.1, 0.15) is 5.69 Å². The molecule has 0 aliphatic heterocycles. The maximum Gasteiger partial charge on any atom is 0.114 e. The number of aliphatic imine (C=N–C) groups is 2. The van der Waals surface area contributed by atoms with Gasteiger partial charge in [-0.05, 0) is 6.72 Å². The molecule has 12 heavy (non-hydrogen) atoms. The Morgan fingerprint density at radius 3 is 3.25 bits per heavy atom. The predicted octanol–water partition coefficient (Wildman–Crippen LogP) is 0.855. The SMILES string of the molecule is C=NC=N/C=C\Cc1cnon1. The largest absolute Gasteiger partial charge is 0.253 e. The zero-order chi connectivity index (χ0) is 8.65. The Morgan fingerprint density at radius 2 is 2.58 bits per heavy atom. The monoisotopic (exact) mass is 164 g/mol. The molecule has 1 aromatic heterocycles. The third-order valence-corrected chi connectivity index (χ3v) is 1.07. The van der Waals surface area contributed by atoms with Crippen molar-refractivity contribution in [1.29, 1.82) is 0 Å². The number of rotatable bonds is 4. The van der Waals surface area contributed by atoms with Crippen LogP contribution in [0, 0.1) is 0 Å². The first-order chi connectivity index (χ1) is 5.93. The van der Waals surface area contributed by atoms with Crippen LogP contribution in [-0.4, -0.2) is 23.4 Å². The molecule has 0 bridgehead atoms. The van der Waals surface area contributed by atoms with Crippen LogP contribution in [0.25, 0.3) is 0 Å². The van der Waals surface area contributed by atoms with Gasteiger partial charge in [-0.3, -0.25) is 4.99 Å². The van der Waals surface area contributed by atoms with Gasteiger partial charge in [-0.2, -0.15) is 0 Å². The maximum atomic E-state index is 4.39. The molecule has 5 nitrogen and oxygen atoms in total. The zero-order valence-corrected chi connectivity index (χ0v) is 6.42. The molecule has 0 atom stereocenters. The molecule has 5 heteroatoms. The summed E-state index contributed by atoms with van der Waals surface area (Å²) in [7, 11) is 0. The Morgan fingerprint density at radius 1 is 1.67 bits per heavy atom. The summed E-state index contributed by atoms with van der Waals surface area (Å²) >= 11 is 0. The van der Waals surface area contributed by atoms with Gasteiger partial charge in [0, 0.05) is 12.6 Å². The van der Waals surface area contributed by atoms with Crippen LogP contribution in [0.3, 0.4) is 0 Å². The molecular formula is C7H8N4O. The van der Waals surface area contributed by atoms with Crippen molar-refractivity contribution < 1.29 is 4.63 Å². The minimum Gasteiger partial charge on any atom is -0.253 e. The first kappa shape index (κ1) is 8.32. The van der Waals surface area contributed by atoms with E-state index >= 15 is 0 Å². The molecule has 0 saturated heterocycles. The van der Waals surface area contributed by atoms with Gasteiger partial charge in [0.15, 0.2) is 0 Å². The molecule has 1 aromatic rings. The average Bonchev–Trinajstić information content (AvgIpc) is 2.57. The number of hydrogen-bond acceptors (Lipinski definition) is 4. The lowest BCUT2D eigenvalue weighted by Gasteiger charge is -1.79. The number of nitrogens with zero attached hydrogens (tertiary/aromatic N) is 4. The quantitative estimate of drug-likeness (QED) is 0.489. The average molecular weight is 164 g/mol. The standard InChI is InChI=1S/C7H8N4O/c1-8-6-9-4-2-3-7-5-10-12-11-7/h2,4-6H,1,3H2/b4-2-,9-6?. The lowest BCUT2D eigenvalue weighted by molar-refractivity contribution is 0.304. The highest BCUT2D eigenvalue weighted by molar-refractivity contribution is 5.62. The highest BCUT2D eigenvalue weighted by Crippen LogP contribution is 1.92. The van der Waals surface area contributed by atoms with Crippen LogP contribution in [-0.2, 0) is 6.42 Å². The lowest BCUT2D eigenvalue weighted by atomic mass is 10.3. The van der Waals surface area contributed by atoms with Gasteiger partial charge in [0.2, 0.25) is 0 Å². The van der Waals surface area contributed by atoms with Crippen molar-refractivity contribution in [1.82, 2.24) is 10.3 Å². The molecular weight excluding hydrogens is 156 g/mol. The molecule has 0 spiro atoms. The molecule has 1 rings (SSSR count). The summed E-state index contributed by atoms with van der Waals surface area (Å²) < 4.78 is 4.39. The van der Waals surface area contributed by atoms with Crippen molar-refractivity contribution in [3.63, 3.8) is 0 Å².